The van der Waals surface area contributed by atoms with Crippen molar-refractivity contribution in [3.63, 3.8) is 0 Å². The van der Waals surface area contributed by atoms with Crippen molar-refractivity contribution in [1.82, 2.24) is 24.0 Å². The smallest absolute Gasteiger partial charge is 0.332 e. The third-order valence-electron chi connectivity index (χ3n) is 5.31. The van der Waals surface area contributed by atoms with Crippen molar-refractivity contribution in [1.29, 1.82) is 0 Å². The van der Waals surface area contributed by atoms with Gasteiger partial charge >= 0.3 is 11.7 Å². The number of aromatic nitrogens is 4. The van der Waals surface area contributed by atoms with Crippen LogP contribution in [-0.2, 0) is 25.4 Å². The van der Waals surface area contributed by atoms with Gasteiger partial charge in [-0.25, -0.2) is 9.78 Å². The van der Waals surface area contributed by atoms with Crippen LogP contribution in [0.15, 0.2) is 40.2 Å². The maximum absolute atomic E-state index is 12.5. The number of aliphatic hydroxyl groups is 1. The number of ether oxygens (including phenoxy) is 2. The van der Waals surface area contributed by atoms with E-state index >= 15 is 0 Å². The molecule has 3 rings (SSSR count). The van der Waals surface area contributed by atoms with Crippen LogP contribution >= 0.6 is 0 Å². The van der Waals surface area contributed by atoms with E-state index in [1.807, 2.05) is 6.92 Å². The zero-order valence-corrected chi connectivity index (χ0v) is 19.7. The van der Waals surface area contributed by atoms with Crippen molar-refractivity contribution in [2.45, 2.75) is 38.8 Å². The van der Waals surface area contributed by atoms with Gasteiger partial charge in [-0.05, 0) is 31.5 Å². The van der Waals surface area contributed by atoms with Gasteiger partial charge in [-0.1, -0.05) is 19.1 Å². The number of hydrogen-bond acceptors (Lipinski definition) is 8. The van der Waals surface area contributed by atoms with Gasteiger partial charge in [-0.3, -0.25) is 18.7 Å². The van der Waals surface area contributed by atoms with Crippen molar-refractivity contribution in [3.05, 3.63) is 51.4 Å². The summed E-state index contributed by atoms with van der Waals surface area (Å²) in [5.41, 5.74) is -0.0511. The molecule has 3 aromatic rings. The highest BCUT2D eigenvalue weighted by Gasteiger charge is 2.14. The molecule has 0 saturated carbocycles. The predicted molar refractivity (Wildman–Crippen MR) is 126 cm³/mol. The third-order valence-corrected chi connectivity index (χ3v) is 5.31. The molecule has 0 aliphatic heterocycles. The third kappa shape index (κ3) is 5.91. The number of nitrogens with one attached hydrogen (secondary N) is 1. The number of nitrogens with zero attached hydrogens (tertiary/aromatic N) is 4. The summed E-state index contributed by atoms with van der Waals surface area (Å²) in [6.07, 6.45) is 2.48. The van der Waals surface area contributed by atoms with Crippen molar-refractivity contribution in [2.75, 3.05) is 19.7 Å². The molecule has 0 radical (unpaired) electrons. The molecule has 1 aromatic carbocycles. The fourth-order valence-corrected chi connectivity index (χ4v) is 3.49. The van der Waals surface area contributed by atoms with E-state index in [1.54, 1.807) is 42.2 Å². The summed E-state index contributed by atoms with van der Waals surface area (Å²) >= 11 is 0. The number of fused-ring (bicyclic) bond motifs is 1. The Morgan fingerprint density at radius 2 is 1.91 bits per heavy atom. The summed E-state index contributed by atoms with van der Waals surface area (Å²) in [5, 5.41) is 13.4. The van der Waals surface area contributed by atoms with Gasteiger partial charge in [0.05, 0.1) is 6.33 Å². The number of para-hydroxylation sites is 2. The van der Waals surface area contributed by atoms with Crippen LogP contribution in [0.4, 0.5) is 0 Å². The number of carbonyl (C=O) groups is 1. The molecule has 184 valence electrons. The van der Waals surface area contributed by atoms with E-state index in [-0.39, 0.29) is 18.1 Å². The minimum absolute atomic E-state index is 0.0333. The Balaban J connectivity index is 1.45. The summed E-state index contributed by atoms with van der Waals surface area (Å²) in [6.45, 7) is 3.35. The van der Waals surface area contributed by atoms with Gasteiger partial charge in [-0.2, -0.15) is 0 Å². The van der Waals surface area contributed by atoms with E-state index in [2.05, 4.69) is 10.3 Å². The molecule has 0 bridgehead atoms. The Morgan fingerprint density at radius 3 is 2.65 bits per heavy atom. The number of benzene rings is 1. The Morgan fingerprint density at radius 1 is 1.18 bits per heavy atom. The lowest BCUT2D eigenvalue weighted by Crippen LogP contribution is -2.37. The molecule has 0 aliphatic rings. The molecular weight excluding hydrogens is 442 g/mol. The Hall–Kier alpha value is -3.44. The van der Waals surface area contributed by atoms with Gasteiger partial charge in [0, 0.05) is 33.6 Å². The monoisotopic (exact) mass is 473 g/mol. The Kier molecular flexibility index (Phi) is 8.61. The second-order valence-corrected chi connectivity index (χ2v) is 8.01. The molecule has 2 heterocycles. The van der Waals surface area contributed by atoms with E-state index in [9.17, 15) is 19.5 Å². The van der Waals surface area contributed by atoms with E-state index in [4.69, 9.17) is 9.47 Å². The highest BCUT2D eigenvalue weighted by molar-refractivity contribution is 5.73. The topological polar surface area (TPSA) is 130 Å². The maximum atomic E-state index is 12.5. The zero-order valence-electron chi connectivity index (χ0n) is 19.7. The van der Waals surface area contributed by atoms with Gasteiger partial charge in [-0.15, -0.1) is 0 Å². The lowest BCUT2D eigenvalue weighted by molar-refractivity contribution is -0.134. The molecule has 2 N–H and O–H groups in total. The second kappa shape index (κ2) is 11.6. The summed E-state index contributed by atoms with van der Waals surface area (Å²) in [7, 11) is 3.03. The molecule has 0 fully saturated rings. The first-order valence-corrected chi connectivity index (χ1v) is 11.3. The van der Waals surface area contributed by atoms with Crippen LogP contribution in [0.25, 0.3) is 11.2 Å². The van der Waals surface area contributed by atoms with Crippen LogP contribution in [0, 0.1) is 0 Å². The van der Waals surface area contributed by atoms with Crippen LogP contribution < -0.4 is 26.0 Å². The van der Waals surface area contributed by atoms with Crippen molar-refractivity contribution in [2.24, 2.45) is 14.1 Å². The SMILES string of the molecule is CCCC(=O)Oc1ccccc1OCC(O)CNCCCn1cnc2c1c(=O)n(C)c(=O)n2C. The first-order valence-electron chi connectivity index (χ1n) is 11.3. The second-order valence-electron chi connectivity index (χ2n) is 8.01. The van der Waals surface area contributed by atoms with Crippen molar-refractivity contribution < 1.29 is 19.4 Å². The molecule has 0 amide bonds. The minimum atomic E-state index is -0.768. The largest absolute Gasteiger partial charge is 0.487 e. The molecule has 0 aliphatic carbocycles. The van der Waals surface area contributed by atoms with Crippen LogP contribution in [0.3, 0.4) is 0 Å². The molecule has 1 atom stereocenters. The quantitative estimate of drug-likeness (QED) is 0.222. The summed E-state index contributed by atoms with van der Waals surface area (Å²) in [5.74, 6) is 0.401. The summed E-state index contributed by atoms with van der Waals surface area (Å²) in [6, 6.07) is 6.85. The van der Waals surface area contributed by atoms with Crippen LogP contribution in [0.1, 0.15) is 26.2 Å². The molecule has 1 unspecified atom stereocenters. The van der Waals surface area contributed by atoms with Gasteiger partial charge < -0.3 is 24.5 Å². The van der Waals surface area contributed by atoms with Gasteiger partial charge in [0.25, 0.3) is 5.56 Å². The summed E-state index contributed by atoms with van der Waals surface area (Å²) in [4.78, 5) is 40.4. The van der Waals surface area contributed by atoms with Gasteiger partial charge in [0.2, 0.25) is 0 Å². The normalized spacial score (nSPS) is 12.1. The number of rotatable bonds is 12. The van der Waals surface area contributed by atoms with E-state index in [1.165, 1.54) is 11.6 Å². The number of esters is 1. The molecule has 0 saturated heterocycles. The first kappa shape index (κ1) is 25.2. The number of aryl methyl sites for hydroxylation is 2. The standard InChI is InChI=1S/C23H31N5O6/c1-4-8-19(30)34-18-10-6-5-9-17(18)33-14-16(29)13-24-11-7-12-28-15-25-21-20(28)22(31)27(3)23(32)26(21)2/h5-6,9-10,15-16,24,29H,4,7-8,11-14H2,1-3H3. The first-order chi connectivity index (χ1) is 16.3. The lowest BCUT2D eigenvalue weighted by atomic mass is 10.3. The van der Waals surface area contributed by atoms with E-state index in [0.29, 0.717) is 61.6 Å². The van der Waals surface area contributed by atoms with E-state index in [0.717, 1.165) is 4.57 Å². The highest BCUT2D eigenvalue weighted by Crippen LogP contribution is 2.27. The van der Waals surface area contributed by atoms with Crippen molar-refractivity contribution >= 4 is 17.1 Å². The van der Waals surface area contributed by atoms with Gasteiger partial charge in [0.15, 0.2) is 22.7 Å². The molecule has 11 nitrogen and oxygen atoms in total. The molecule has 34 heavy (non-hydrogen) atoms. The number of aliphatic hydroxyl groups excluding tert-OH is 1. The molecular formula is C23H31N5O6. The number of hydrogen-bond donors (Lipinski definition) is 2. The zero-order chi connectivity index (χ0) is 24.7. The fraction of sp³-hybridized carbons (Fsp3) is 0.478. The highest BCUT2D eigenvalue weighted by atomic mass is 16.6. The maximum Gasteiger partial charge on any atom is 0.332 e. The average molecular weight is 474 g/mol. The Bertz CT molecular complexity index is 1240. The average Bonchev–Trinajstić information content (AvgIpc) is 3.25. The molecule has 11 heteroatoms. The van der Waals surface area contributed by atoms with Crippen LogP contribution in [0.5, 0.6) is 11.5 Å². The Labute approximate surface area is 196 Å². The molecule has 0 spiro atoms. The van der Waals surface area contributed by atoms with Crippen LogP contribution in [0.2, 0.25) is 0 Å². The van der Waals surface area contributed by atoms with E-state index < -0.39 is 11.8 Å². The lowest BCUT2D eigenvalue weighted by Gasteiger charge is -2.15. The number of imidazole rings is 1. The summed E-state index contributed by atoms with van der Waals surface area (Å²) < 4.78 is 15.1. The van der Waals surface area contributed by atoms with Crippen LogP contribution in [-0.4, -0.2) is 55.6 Å². The van der Waals surface area contributed by atoms with Gasteiger partial charge in [0.1, 0.15) is 12.7 Å². The van der Waals surface area contributed by atoms with Crippen molar-refractivity contribution in [3.8, 4) is 11.5 Å². The fourth-order valence-electron chi connectivity index (χ4n) is 3.49. The number of carbonyl (C=O) groups excluding carboxylic acids is 1. The minimum Gasteiger partial charge on any atom is -0.487 e. The predicted octanol–water partition coefficient (Wildman–Crippen LogP) is 0.559. The molecule has 2 aromatic heterocycles.